The van der Waals surface area contributed by atoms with Crippen LogP contribution in [0.4, 0.5) is 5.69 Å². The number of piperidine rings is 1. The summed E-state index contributed by atoms with van der Waals surface area (Å²) in [7, 11) is 0. The molecule has 0 unspecified atom stereocenters. The first-order valence-electron chi connectivity index (χ1n) is 11.7. The maximum Gasteiger partial charge on any atom is 0.227 e. The van der Waals surface area contributed by atoms with Crippen LogP contribution < -0.4 is 5.32 Å². The number of carbonyl (C=O) groups excluding carboxylic acids is 1. The van der Waals surface area contributed by atoms with Crippen molar-refractivity contribution in [3.8, 4) is 0 Å². The fourth-order valence-electron chi connectivity index (χ4n) is 5.02. The van der Waals surface area contributed by atoms with Crippen LogP contribution in [0.2, 0.25) is 0 Å². The molecule has 0 spiro atoms. The average Bonchev–Trinajstić information content (AvgIpc) is 3.14. The molecule has 3 aromatic carbocycles. The zero-order chi connectivity index (χ0) is 22.1. The second-order valence-corrected chi connectivity index (χ2v) is 9.02. The lowest BCUT2D eigenvalue weighted by atomic mass is 9.95. The number of nitrogens with one attached hydrogen (secondary N) is 1. The van der Waals surface area contributed by atoms with Gasteiger partial charge in [0.2, 0.25) is 5.91 Å². The van der Waals surface area contributed by atoms with Gasteiger partial charge in [0, 0.05) is 46.5 Å². The lowest BCUT2D eigenvalue weighted by Crippen LogP contribution is -2.37. The molecule has 0 atom stereocenters. The SMILES string of the molecule is CCn1c2ccccc2c2cc(NC(=O)C3CCN(Cc4ccc(C)cc4)CC3)ccc21. The highest BCUT2D eigenvalue weighted by Gasteiger charge is 2.25. The first-order chi connectivity index (χ1) is 15.6. The van der Waals surface area contributed by atoms with E-state index in [2.05, 4.69) is 89.3 Å². The van der Waals surface area contributed by atoms with E-state index in [9.17, 15) is 4.79 Å². The molecule has 32 heavy (non-hydrogen) atoms. The number of hydrogen-bond donors (Lipinski definition) is 1. The molecule has 1 saturated heterocycles. The minimum Gasteiger partial charge on any atom is -0.341 e. The topological polar surface area (TPSA) is 37.3 Å². The Hall–Kier alpha value is -3.11. The smallest absolute Gasteiger partial charge is 0.227 e. The van der Waals surface area contributed by atoms with E-state index < -0.39 is 0 Å². The molecular formula is C28H31N3O. The Labute approximate surface area is 189 Å². The van der Waals surface area contributed by atoms with Gasteiger partial charge in [-0.1, -0.05) is 48.0 Å². The third-order valence-corrected chi connectivity index (χ3v) is 6.84. The fourth-order valence-corrected chi connectivity index (χ4v) is 5.02. The predicted octanol–water partition coefficient (Wildman–Crippen LogP) is 5.97. The molecule has 164 valence electrons. The monoisotopic (exact) mass is 425 g/mol. The molecule has 0 saturated carbocycles. The molecule has 1 aliphatic heterocycles. The van der Waals surface area contributed by atoms with Gasteiger partial charge in [-0.05, 0) is 69.6 Å². The second kappa shape index (κ2) is 8.79. The number of aromatic nitrogens is 1. The molecule has 1 amide bonds. The lowest BCUT2D eigenvalue weighted by Gasteiger charge is -2.31. The van der Waals surface area contributed by atoms with Crippen LogP contribution in [0.5, 0.6) is 0 Å². The summed E-state index contributed by atoms with van der Waals surface area (Å²) in [5.74, 6) is 0.232. The van der Waals surface area contributed by atoms with E-state index in [0.29, 0.717) is 0 Å². The molecular weight excluding hydrogens is 394 g/mol. The van der Waals surface area contributed by atoms with Gasteiger partial charge in [0.1, 0.15) is 0 Å². The number of likely N-dealkylation sites (tertiary alicyclic amines) is 1. The fraction of sp³-hybridized carbons (Fsp3) is 0.321. The molecule has 4 heteroatoms. The van der Waals surface area contributed by atoms with Gasteiger partial charge in [-0.2, -0.15) is 0 Å². The van der Waals surface area contributed by atoms with Crippen LogP contribution in [0.25, 0.3) is 21.8 Å². The van der Waals surface area contributed by atoms with Crippen LogP contribution in [0, 0.1) is 12.8 Å². The molecule has 0 aliphatic carbocycles. The van der Waals surface area contributed by atoms with Crippen molar-refractivity contribution in [1.82, 2.24) is 9.47 Å². The summed E-state index contributed by atoms with van der Waals surface area (Å²) in [6.07, 6.45) is 1.82. The number of amides is 1. The lowest BCUT2D eigenvalue weighted by molar-refractivity contribution is -0.121. The van der Waals surface area contributed by atoms with Crippen molar-refractivity contribution < 1.29 is 4.79 Å². The summed E-state index contributed by atoms with van der Waals surface area (Å²) >= 11 is 0. The molecule has 4 nitrogen and oxygen atoms in total. The number of rotatable bonds is 5. The molecule has 2 heterocycles. The molecule has 1 aliphatic rings. The van der Waals surface area contributed by atoms with Crippen LogP contribution in [-0.4, -0.2) is 28.5 Å². The van der Waals surface area contributed by atoms with Crippen LogP contribution >= 0.6 is 0 Å². The van der Waals surface area contributed by atoms with Crippen LogP contribution in [0.15, 0.2) is 66.7 Å². The van der Waals surface area contributed by atoms with Crippen molar-refractivity contribution in [2.24, 2.45) is 5.92 Å². The van der Waals surface area contributed by atoms with Crippen LogP contribution in [-0.2, 0) is 17.9 Å². The molecule has 5 rings (SSSR count). The number of nitrogens with zero attached hydrogens (tertiary/aromatic N) is 2. The standard InChI is InChI=1S/C28H31N3O/c1-3-31-26-7-5-4-6-24(26)25-18-23(12-13-27(25)31)29-28(32)22-14-16-30(17-15-22)19-21-10-8-20(2)9-11-21/h4-13,18,22H,3,14-17,19H2,1-2H3,(H,29,32). The maximum absolute atomic E-state index is 13.0. The number of carbonyl (C=O) groups is 1. The Bertz CT molecular complexity index is 1250. The zero-order valence-electron chi connectivity index (χ0n) is 19.0. The van der Waals surface area contributed by atoms with E-state index in [1.165, 1.54) is 32.9 Å². The summed E-state index contributed by atoms with van der Waals surface area (Å²) in [4.78, 5) is 15.5. The van der Waals surface area contributed by atoms with E-state index >= 15 is 0 Å². The van der Waals surface area contributed by atoms with E-state index in [4.69, 9.17) is 0 Å². The average molecular weight is 426 g/mol. The Morgan fingerprint density at radius 1 is 0.938 bits per heavy atom. The number of anilines is 1. The number of benzene rings is 3. The molecule has 1 fully saturated rings. The van der Waals surface area contributed by atoms with E-state index in [0.717, 1.165) is 44.7 Å². The molecule has 1 aromatic heterocycles. The largest absolute Gasteiger partial charge is 0.341 e. The highest BCUT2D eigenvalue weighted by molar-refractivity contribution is 6.09. The minimum absolute atomic E-state index is 0.0805. The van der Waals surface area contributed by atoms with Gasteiger partial charge in [-0.25, -0.2) is 0 Å². The van der Waals surface area contributed by atoms with Gasteiger partial charge in [-0.15, -0.1) is 0 Å². The van der Waals surface area contributed by atoms with Crippen molar-refractivity contribution in [2.75, 3.05) is 18.4 Å². The summed E-state index contributed by atoms with van der Waals surface area (Å²) in [6.45, 7) is 8.12. The molecule has 0 bridgehead atoms. The van der Waals surface area contributed by atoms with Gasteiger partial charge >= 0.3 is 0 Å². The van der Waals surface area contributed by atoms with Crippen molar-refractivity contribution in [2.45, 2.75) is 39.8 Å². The van der Waals surface area contributed by atoms with Gasteiger partial charge < -0.3 is 9.88 Å². The third kappa shape index (κ3) is 4.03. The third-order valence-electron chi connectivity index (χ3n) is 6.84. The van der Waals surface area contributed by atoms with Crippen LogP contribution in [0.3, 0.4) is 0 Å². The van der Waals surface area contributed by atoms with Gasteiger partial charge in [0.25, 0.3) is 0 Å². The first kappa shape index (κ1) is 20.8. The summed E-state index contributed by atoms with van der Waals surface area (Å²) in [5.41, 5.74) is 5.99. The maximum atomic E-state index is 13.0. The Morgan fingerprint density at radius 2 is 1.66 bits per heavy atom. The molecule has 4 aromatic rings. The van der Waals surface area contributed by atoms with E-state index in [-0.39, 0.29) is 11.8 Å². The van der Waals surface area contributed by atoms with E-state index in [1.807, 2.05) is 6.07 Å². The first-order valence-corrected chi connectivity index (χ1v) is 11.7. The van der Waals surface area contributed by atoms with Crippen molar-refractivity contribution in [3.63, 3.8) is 0 Å². The van der Waals surface area contributed by atoms with Gasteiger partial charge in [0.05, 0.1) is 0 Å². The highest BCUT2D eigenvalue weighted by Crippen LogP contribution is 2.31. The van der Waals surface area contributed by atoms with Crippen molar-refractivity contribution in [3.05, 3.63) is 77.9 Å². The zero-order valence-corrected chi connectivity index (χ0v) is 19.0. The molecule has 0 radical (unpaired) electrons. The summed E-state index contributed by atoms with van der Waals surface area (Å²) in [5, 5.41) is 5.64. The van der Waals surface area contributed by atoms with Gasteiger partial charge in [0.15, 0.2) is 0 Å². The minimum atomic E-state index is 0.0805. The Morgan fingerprint density at radius 3 is 2.41 bits per heavy atom. The Kier molecular flexibility index (Phi) is 5.71. The number of hydrogen-bond acceptors (Lipinski definition) is 2. The number of fused-ring (bicyclic) bond motifs is 3. The van der Waals surface area contributed by atoms with Crippen molar-refractivity contribution in [1.29, 1.82) is 0 Å². The molecule has 1 N–H and O–H groups in total. The summed E-state index contributed by atoms with van der Waals surface area (Å²) < 4.78 is 2.33. The van der Waals surface area contributed by atoms with E-state index in [1.54, 1.807) is 0 Å². The number of para-hydroxylation sites is 1. The highest BCUT2D eigenvalue weighted by atomic mass is 16.1. The van der Waals surface area contributed by atoms with Gasteiger partial charge in [-0.3, -0.25) is 9.69 Å². The quantitative estimate of drug-likeness (QED) is 0.427. The summed E-state index contributed by atoms with van der Waals surface area (Å²) in [6, 6.07) is 23.6. The Balaban J connectivity index is 1.25. The number of aryl methyl sites for hydroxylation is 2. The predicted molar refractivity (Wildman–Crippen MR) is 133 cm³/mol. The van der Waals surface area contributed by atoms with Crippen molar-refractivity contribution >= 4 is 33.4 Å². The second-order valence-electron chi connectivity index (χ2n) is 9.02. The normalized spacial score (nSPS) is 15.4. The van der Waals surface area contributed by atoms with Crippen LogP contribution in [0.1, 0.15) is 30.9 Å².